The van der Waals surface area contributed by atoms with E-state index >= 15 is 0 Å². The standard InChI is InChI=1S/C14H26N2O2/c1-2-12-5-3-4-6-13(12)16-9-7-15(8-10-16)11-14(17)18/h12-13H,2-11H2,1H3,(H,17,18). The first kappa shape index (κ1) is 13.8. The number of piperazine rings is 1. The molecule has 2 aliphatic rings. The molecule has 0 spiro atoms. The maximum atomic E-state index is 10.7. The quantitative estimate of drug-likeness (QED) is 0.828. The highest BCUT2D eigenvalue weighted by atomic mass is 16.4. The fraction of sp³-hybridized carbons (Fsp3) is 0.929. The summed E-state index contributed by atoms with van der Waals surface area (Å²) < 4.78 is 0. The summed E-state index contributed by atoms with van der Waals surface area (Å²) in [7, 11) is 0. The van der Waals surface area contributed by atoms with E-state index in [0.29, 0.717) is 0 Å². The molecule has 104 valence electrons. The van der Waals surface area contributed by atoms with Crippen molar-refractivity contribution in [2.45, 2.75) is 45.1 Å². The number of nitrogens with zero attached hydrogens (tertiary/aromatic N) is 2. The Morgan fingerprint density at radius 3 is 2.44 bits per heavy atom. The van der Waals surface area contributed by atoms with E-state index in [-0.39, 0.29) is 6.54 Å². The molecule has 0 bridgehead atoms. The predicted molar refractivity (Wildman–Crippen MR) is 71.7 cm³/mol. The third-order valence-electron chi connectivity index (χ3n) is 4.63. The largest absolute Gasteiger partial charge is 0.480 e. The summed E-state index contributed by atoms with van der Waals surface area (Å²) in [5, 5.41) is 8.81. The Morgan fingerprint density at radius 2 is 1.83 bits per heavy atom. The average molecular weight is 254 g/mol. The minimum Gasteiger partial charge on any atom is -0.480 e. The van der Waals surface area contributed by atoms with Gasteiger partial charge in [0.1, 0.15) is 0 Å². The summed E-state index contributed by atoms with van der Waals surface area (Å²) in [5.74, 6) is 0.164. The smallest absolute Gasteiger partial charge is 0.317 e. The normalized spacial score (nSPS) is 31.4. The maximum Gasteiger partial charge on any atom is 0.317 e. The van der Waals surface area contributed by atoms with Gasteiger partial charge in [0.05, 0.1) is 6.54 Å². The SMILES string of the molecule is CCC1CCCCC1N1CCN(CC(=O)O)CC1. The van der Waals surface area contributed by atoms with Crippen molar-refractivity contribution in [2.24, 2.45) is 5.92 Å². The first-order chi connectivity index (χ1) is 8.70. The molecule has 0 aromatic heterocycles. The number of carboxylic acids is 1. The molecule has 0 aromatic carbocycles. The second-order valence-electron chi connectivity index (χ2n) is 5.73. The van der Waals surface area contributed by atoms with Gasteiger partial charge in [0.15, 0.2) is 0 Å². The highest BCUT2D eigenvalue weighted by Crippen LogP contribution is 2.31. The van der Waals surface area contributed by atoms with Crippen molar-refractivity contribution in [3.8, 4) is 0 Å². The molecule has 2 atom stereocenters. The molecular formula is C14H26N2O2. The van der Waals surface area contributed by atoms with Crippen LogP contribution in [-0.2, 0) is 4.79 Å². The van der Waals surface area contributed by atoms with Crippen LogP contribution in [0.5, 0.6) is 0 Å². The Morgan fingerprint density at radius 1 is 1.17 bits per heavy atom. The van der Waals surface area contributed by atoms with E-state index in [9.17, 15) is 4.79 Å². The van der Waals surface area contributed by atoms with Crippen LogP contribution < -0.4 is 0 Å². The van der Waals surface area contributed by atoms with Gasteiger partial charge in [-0.25, -0.2) is 0 Å². The van der Waals surface area contributed by atoms with Gasteiger partial charge in [0.2, 0.25) is 0 Å². The summed E-state index contributed by atoms with van der Waals surface area (Å²) in [6.45, 7) is 6.45. The van der Waals surface area contributed by atoms with E-state index in [1.165, 1.54) is 32.1 Å². The van der Waals surface area contributed by atoms with Crippen LogP contribution in [-0.4, -0.2) is 59.6 Å². The highest BCUT2D eigenvalue weighted by Gasteiger charge is 2.31. The van der Waals surface area contributed by atoms with E-state index in [0.717, 1.165) is 38.1 Å². The van der Waals surface area contributed by atoms with Gasteiger partial charge in [-0.1, -0.05) is 26.2 Å². The molecule has 1 N–H and O–H groups in total. The third-order valence-corrected chi connectivity index (χ3v) is 4.63. The highest BCUT2D eigenvalue weighted by molar-refractivity contribution is 5.69. The topological polar surface area (TPSA) is 43.8 Å². The van der Waals surface area contributed by atoms with Gasteiger partial charge in [-0.05, 0) is 18.8 Å². The molecule has 4 nitrogen and oxygen atoms in total. The van der Waals surface area contributed by atoms with Crippen molar-refractivity contribution in [3.05, 3.63) is 0 Å². The summed E-state index contributed by atoms with van der Waals surface area (Å²) >= 11 is 0. The van der Waals surface area contributed by atoms with Crippen molar-refractivity contribution >= 4 is 5.97 Å². The van der Waals surface area contributed by atoms with Crippen LogP contribution in [0, 0.1) is 5.92 Å². The van der Waals surface area contributed by atoms with Gasteiger partial charge in [0.25, 0.3) is 0 Å². The Labute approximate surface area is 110 Å². The zero-order valence-electron chi connectivity index (χ0n) is 11.5. The van der Waals surface area contributed by atoms with Crippen molar-refractivity contribution in [1.29, 1.82) is 0 Å². The lowest BCUT2D eigenvalue weighted by atomic mass is 9.81. The van der Waals surface area contributed by atoms with Crippen LogP contribution >= 0.6 is 0 Å². The lowest BCUT2D eigenvalue weighted by Crippen LogP contribution is -2.53. The molecule has 1 saturated carbocycles. The second kappa shape index (κ2) is 6.53. The molecule has 2 fully saturated rings. The molecular weight excluding hydrogens is 228 g/mol. The number of aliphatic carboxylic acids is 1. The molecule has 2 rings (SSSR count). The summed E-state index contributed by atoms with van der Waals surface area (Å²) in [4.78, 5) is 15.4. The average Bonchev–Trinajstić information content (AvgIpc) is 2.39. The lowest BCUT2D eigenvalue weighted by molar-refractivity contribution is -0.138. The first-order valence-electron chi connectivity index (χ1n) is 7.39. The number of hydrogen-bond acceptors (Lipinski definition) is 3. The van der Waals surface area contributed by atoms with E-state index in [1.54, 1.807) is 0 Å². The van der Waals surface area contributed by atoms with Crippen LogP contribution in [0.15, 0.2) is 0 Å². The monoisotopic (exact) mass is 254 g/mol. The number of hydrogen-bond donors (Lipinski definition) is 1. The van der Waals surface area contributed by atoms with Gasteiger partial charge in [0, 0.05) is 32.2 Å². The predicted octanol–water partition coefficient (Wildman–Crippen LogP) is 1.66. The Hall–Kier alpha value is -0.610. The molecule has 1 aliphatic carbocycles. The van der Waals surface area contributed by atoms with E-state index in [1.807, 2.05) is 0 Å². The van der Waals surface area contributed by atoms with Gasteiger partial charge < -0.3 is 5.11 Å². The molecule has 4 heteroatoms. The van der Waals surface area contributed by atoms with Crippen molar-refractivity contribution in [3.63, 3.8) is 0 Å². The molecule has 18 heavy (non-hydrogen) atoms. The molecule has 1 heterocycles. The molecule has 0 radical (unpaired) electrons. The number of carboxylic acid groups (broad SMARTS) is 1. The zero-order chi connectivity index (χ0) is 13.0. The number of carbonyl (C=O) groups is 1. The Bertz CT molecular complexity index is 275. The summed E-state index contributed by atoms with van der Waals surface area (Å²) in [5.41, 5.74) is 0. The summed E-state index contributed by atoms with van der Waals surface area (Å²) in [6, 6.07) is 0.760. The minimum absolute atomic E-state index is 0.204. The fourth-order valence-electron chi connectivity index (χ4n) is 3.59. The summed E-state index contributed by atoms with van der Waals surface area (Å²) in [6.07, 6.45) is 6.79. The van der Waals surface area contributed by atoms with Gasteiger partial charge in [-0.3, -0.25) is 14.6 Å². The zero-order valence-corrected chi connectivity index (χ0v) is 11.5. The van der Waals surface area contributed by atoms with E-state index in [4.69, 9.17) is 5.11 Å². The molecule has 1 saturated heterocycles. The molecule has 2 unspecified atom stereocenters. The Kier molecular flexibility index (Phi) is 5.01. The van der Waals surface area contributed by atoms with Crippen molar-refractivity contribution in [1.82, 2.24) is 9.80 Å². The maximum absolute atomic E-state index is 10.7. The fourth-order valence-corrected chi connectivity index (χ4v) is 3.59. The van der Waals surface area contributed by atoms with Gasteiger partial charge >= 0.3 is 5.97 Å². The van der Waals surface area contributed by atoms with Crippen molar-refractivity contribution < 1.29 is 9.90 Å². The first-order valence-corrected chi connectivity index (χ1v) is 7.39. The minimum atomic E-state index is -0.701. The van der Waals surface area contributed by atoms with Crippen LogP contribution in [0.4, 0.5) is 0 Å². The number of rotatable bonds is 4. The van der Waals surface area contributed by atoms with Crippen LogP contribution in [0.3, 0.4) is 0 Å². The molecule has 0 amide bonds. The third kappa shape index (κ3) is 3.45. The van der Waals surface area contributed by atoms with Gasteiger partial charge in [-0.2, -0.15) is 0 Å². The molecule has 1 aliphatic heterocycles. The molecule has 0 aromatic rings. The van der Waals surface area contributed by atoms with Crippen LogP contribution in [0.1, 0.15) is 39.0 Å². The second-order valence-corrected chi connectivity index (χ2v) is 5.73. The van der Waals surface area contributed by atoms with Crippen molar-refractivity contribution in [2.75, 3.05) is 32.7 Å². The van der Waals surface area contributed by atoms with Crippen LogP contribution in [0.2, 0.25) is 0 Å². The van der Waals surface area contributed by atoms with E-state index in [2.05, 4.69) is 16.7 Å². The van der Waals surface area contributed by atoms with Crippen LogP contribution in [0.25, 0.3) is 0 Å². The lowest BCUT2D eigenvalue weighted by Gasteiger charge is -2.44. The van der Waals surface area contributed by atoms with Gasteiger partial charge in [-0.15, -0.1) is 0 Å². The van der Waals surface area contributed by atoms with E-state index < -0.39 is 5.97 Å². The Balaban J connectivity index is 1.82.